The zero-order chi connectivity index (χ0) is 20.0. The molecule has 0 radical (unpaired) electrons. The van der Waals surface area contributed by atoms with Crippen LogP contribution in [0, 0.1) is 0 Å². The molecule has 1 atom stereocenters. The van der Waals surface area contributed by atoms with E-state index in [-0.39, 0.29) is 24.8 Å². The van der Waals surface area contributed by atoms with Gasteiger partial charge in [0.05, 0.1) is 16.5 Å². The molecule has 144 valence electrons. The molecule has 0 spiro atoms. The Bertz CT molecular complexity index is 827. The highest BCUT2D eigenvalue weighted by Gasteiger charge is 2.26. The van der Waals surface area contributed by atoms with E-state index < -0.39 is 6.04 Å². The third kappa shape index (κ3) is 5.86. The number of hydrogen-bond donors (Lipinski definition) is 1. The average molecular weight is 428 g/mol. The Hall–Kier alpha value is -1.75. The summed E-state index contributed by atoms with van der Waals surface area (Å²) in [5.74, 6) is -0.417. The Morgan fingerprint density at radius 3 is 2.37 bits per heavy atom. The van der Waals surface area contributed by atoms with E-state index in [1.807, 2.05) is 25.1 Å². The van der Waals surface area contributed by atoms with Crippen LogP contribution < -0.4 is 5.32 Å². The summed E-state index contributed by atoms with van der Waals surface area (Å²) in [4.78, 5) is 26.9. The van der Waals surface area contributed by atoms with Crippen molar-refractivity contribution in [1.29, 1.82) is 0 Å². The third-order valence-corrected chi connectivity index (χ3v) is 5.26. The van der Waals surface area contributed by atoms with Crippen molar-refractivity contribution in [2.45, 2.75) is 32.9 Å². The normalized spacial score (nSPS) is 11.7. The summed E-state index contributed by atoms with van der Waals surface area (Å²) in [6, 6.07) is 11.7. The van der Waals surface area contributed by atoms with Gasteiger partial charge in [-0.2, -0.15) is 0 Å². The minimum atomic E-state index is -0.642. The van der Waals surface area contributed by atoms with Gasteiger partial charge in [-0.15, -0.1) is 0 Å². The van der Waals surface area contributed by atoms with Gasteiger partial charge in [-0.1, -0.05) is 59.1 Å². The summed E-state index contributed by atoms with van der Waals surface area (Å²) < 4.78 is 0. The van der Waals surface area contributed by atoms with Crippen LogP contribution in [0.5, 0.6) is 0 Å². The van der Waals surface area contributed by atoms with Gasteiger partial charge in [0.1, 0.15) is 6.04 Å². The van der Waals surface area contributed by atoms with E-state index in [9.17, 15) is 9.59 Å². The topological polar surface area (TPSA) is 49.4 Å². The Labute approximate surface area is 174 Å². The predicted octanol–water partition coefficient (Wildman–Crippen LogP) is 4.74. The van der Waals surface area contributed by atoms with E-state index in [0.29, 0.717) is 21.6 Å². The monoisotopic (exact) mass is 426 g/mol. The van der Waals surface area contributed by atoms with Gasteiger partial charge in [-0.3, -0.25) is 9.59 Å². The highest BCUT2D eigenvalue weighted by molar-refractivity contribution is 6.42. The molecule has 0 heterocycles. The fourth-order valence-electron chi connectivity index (χ4n) is 2.64. The van der Waals surface area contributed by atoms with Gasteiger partial charge in [-0.05, 0) is 43.2 Å². The molecule has 0 saturated carbocycles. The zero-order valence-electron chi connectivity index (χ0n) is 15.1. The van der Waals surface area contributed by atoms with Crippen LogP contribution in [-0.2, 0) is 22.6 Å². The van der Waals surface area contributed by atoms with Crippen LogP contribution in [0.4, 0.5) is 0 Å². The zero-order valence-corrected chi connectivity index (χ0v) is 17.4. The lowest BCUT2D eigenvalue weighted by atomic mass is 10.1. The molecular weight excluding hydrogens is 407 g/mol. The second-order valence-corrected chi connectivity index (χ2v) is 7.33. The molecule has 0 fully saturated rings. The van der Waals surface area contributed by atoms with Crippen molar-refractivity contribution in [3.63, 3.8) is 0 Å². The average Bonchev–Trinajstić information content (AvgIpc) is 2.63. The summed E-state index contributed by atoms with van der Waals surface area (Å²) in [5, 5.41) is 4.12. The summed E-state index contributed by atoms with van der Waals surface area (Å²) in [6.45, 7) is 4.26. The number of likely N-dealkylation sites (N-methyl/N-ethyl adjacent to an activating group) is 1. The van der Waals surface area contributed by atoms with Crippen LogP contribution in [0.2, 0.25) is 15.1 Å². The van der Waals surface area contributed by atoms with Crippen LogP contribution in [0.25, 0.3) is 0 Å². The largest absolute Gasteiger partial charge is 0.355 e. The maximum atomic E-state index is 13.0. The molecule has 0 aliphatic heterocycles. The number of rotatable bonds is 7. The quantitative estimate of drug-likeness (QED) is 0.693. The molecule has 4 nitrogen and oxygen atoms in total. The van der Waals surface area contributed by atoms with Gasteiger partial charge in [0.15, 0.2) is 0 Å². The Morgan fingerprint density at radius 2 is 1.74 bits per heavy atom. The number of nitrogens with zero attached hydrogens (tertiary/aromatic N) is 1. The smallest absolute Gasteiger partial charge is 0.242 e. The Balaban J connectivity index is 2.26. The molecule has 2 amide bonds. The lowest BCUT2D eigenvalue weighted by Gasteiger charge is -2.29. The van der Waals surface area contributed by atoms with Crippen molar-refractivity contribution in [3.05, 3.63) is 68.7 Å². The maximum Gasteiger partial charge on any atom is 0.242 e. The lowest BCUT2D eigenvalue weighted by molar-refractivity contribution is -0.140. The van der Waals surface area contributed by atoms with E-state index >= 15 is 0 Å². The van der Waals surface area contributed by atoms with Crippen LogP contribution in [-0.4, -0.2) is 29.3 Å². The van der Waals surface area contributed by atoms with Crippen LogP contribution in [0.15, 0.2) is 42.5 Å². The van der Waals surface area contributed by atoms with Gasteiger partial charge in [0, 0.05) is 18.1 Å². The number of amides is 2. The third-order valence-electron chi connectivity index (χ3n) is 4.16. The summed E-state index contributed by atoms with van der Waals surface area (Å²) in [6.07, 6.45) is 0.102. The summed E-state index contributed by atoms with van der Waals surface area (Å²) in [5.41, 5.74) is 1.50. The first-order valence-corrected chi connectivity index (χ1v) is 9.71. The number of carbonyl (C=O) groups is 2. The first-order valence-electron chi connectivity index (χ1n) is 8.58. The molecule has 0 saturated heterocycles. The maximum absolute atomic E-state index is 13.0. The number of nitrogens with one attached hydrogen (secondary N) is 1. The van der Waals surface area contributed by atoms with Gasteiger partial charge < -0.3 is 10.2 Å². The first-order chi connectivity index (χ1) is 12.8. The van der Waals surface area contributed by atoms with Crippen LogP contribution in [0.3, 0.4) is 0 Å². The van der Waals surface area contributed by atoms with E-state index in [1.54, 1.807) is 31.2 Å². The second-order valence-electron chi connectivity index (χ2n) is 6.11. The Morgan fingerprint density at radius 1 is 1.04 bits per heavy atom. The van der Waals surface area contributed by atoms with Crippen molar-refractivity contribution in [1.82, 2.24) is 10.2 Å². The molecule has 2 aromatic carbocycles. The highest BCUT2D eigenvalue weighted by atomic mass is 35.5. The second kappa shape index (κ2) is 9.98. The van der Waals surface area contributed by atoms with Gasteiger partial charge >= 0.3 is 0 Å². The van der Waals surface area contributed by atoms with Crippen LogP contribution >= 0.6 is 34.8 Å². The lowest BCUT2D eigenvalue weighted by Crippen LogP contribution is -2.48. The van der Waals surface area contributed by atoms with Crippen LogP contribution in [0.1, 0.15) is 25.0 Å². The molecule has 27 heavy (non-hydrogen) atoms. The fraction of sp³-hybridized carbons (Fsp3) is 0.300. The number of benzene rings is 2. The molecule has 0 aliphatic rings. The van der Waals surface area contributed by atoms with E-state index in [1.165, 1.54) is 4.90 Å². The van der Waals surface area contributed by atoms with Crippen molar-refractivity contribution < 1.29 is 9.59 Å². The number of carbonyl (C=O) groups excluding carboxylic acids is 2. The van der Waals surface area contributed by atoms with E-state index in [2.05, 4.69) is 5.32 Å². The van der Waals surface area contributed by atoms with Gasteiger partial charge in [-0.25, -0.2) is 0 Å². The number of halogens is 3. The predicted molar refractivity (Wildman–Crippen MR) is 110 cm³/mol. The highest BCUT2D eigenvalue weighted by Crippen LogP contribution is 2.24. The summed E-state index contributed by atoms with van der Waals surface area (Å²) >= 11 is 18.2. The molecule has 0 aliphatic carbocycles. The van der Waals surface area contributed by atoms with Gasteiger partial charge in [0.2, 0.25) is 11.8 Å². The van der Waals surface area contributed by atoms with Gasteiger partial charge in [0.25, 0.3) is 0 Å². The Kier molecular flexibility index (Phi) is 7.96. The molecular formula is C20H21Cl3N2O2. The molecule has 2 aromatic rings. The SMILES string of the molecule is CCNC(=O)[C@H](C)N(Cc1ccccc1Cl)C(=O)Cc1ccc(Cl)c(Cl)c1. The number of hydrogen-bond acceptors (Lipinski definition) is 2. The minimum Gasteiger partial charge on any atom is -0.355 e. The van der Waals surface area contributed by atoms with Crippen molar-refractivity contribution >= 4 is 46.6 Å². The fourth-order valence-corrected chi connectivity index (χ4v) is 3.16. The van der Waals surface area contributed by atoms with Crippen molar-refractivity contribution in [2.75, 3.05) is 6.54 Å². The van der Waals surface area contributed by atoms with Crippen molar-refractivity contribution in [2.24, 2.45) is 0 Å². The first kappa shape index (κ1) is 21.5. The molecule has 0 aromatic heterocycles. The molecule has 0 bridgehead atoms. The molecule has 2 rings (SSSR count). The van der Waals surface area contributed by atoms with E-state index in [4.69, 9.17) is 34.8 Å². The molecule has 7 heteroatoms. The standard InChI is InChI=1S/C20H21Cl3N2O2/c1-3-24-20(27)13(2)25(12-15-6-4-5-7-16(15)21)19(26)11-14-8-9-17(22)18(23)10-14/h4-10,13H,3,11-12H2,1-2H3,(H,24,27)/t13-/m0/s1. The molecule has 0 unspecified atom stereocenters. The van der Waals surface area contributed by atoms with E-state index in [0.717, 1.165) is 11.1 Å². The summed E-state index contributed by atoms with van der Waals surface area (Å²) in [7, 11) is 0. The molecule has 1 N–H and O–H groups in total. The van der Waals surface area contributed by atoms with Crippen molar-refractivity contribution in [3.8, 4) is 0 Å². The minimum absolute atomic E-state index is 0.102.